The van der Waals surface area contributed by atoms with Crippen LogP contribution in [0.5, 0.6) is 0 Å². The van der Waals surface area contributed by atoms with Crippen molar-refractivity contribution in [3.8, 4) is 0 Å². The molecule has 0 spiro atoms. The van der Waals surface area contributed by atoms with Crippen LogP contribution in [0.25, 0.3) is 0 Å². The first-order valence-electron chi connectivity index (χ1n) is 14.4. The van der Waals surface area contributed by atoms with Crippen molar-refractivity contribution in [3.63, 3.8) is 0 Å². The number of rotatable bonds is 11. The third kappa shape index (κ3) is 6.43. The van der Waals surface area contributed by atoms with E-state index in [1.807, 2.05) is 18.2 Å². The molecule has 0 saturated carbocycles. The lowest BCUT2D eigenvalue weighted by Crippen LogP contribution is -2.44. The van der Waals surface area contributed by atoms with Gasteiger partial charge in [-0.3, -0.25) is 4.84 Å². The van der Waals surface area contributed by atoms with Crippen LogP contribution < -0.4 is 0 Å². The third-order valence-corrected chi connectivity index (χ3v) is 8.27. The molecule has 6 rings (SSSR count). The quantitative estimate of drug-likeness (QED) is 0.0901. The van der Waals surface area contributed by atoms with Crippen molar-refractivity contribution in [2.24, 2.45) is 11.8 Å². The average molecular weight is 532 g/mol. The predicted octanol–water partition coefficient (Wildman–Crippen LogP) is 7.02. The second-order valence-electron chi connectivity index (χ2n) is 10.8. The second-order valence-corrected chi connectivity index (χ2v) is 10.8. The van der Waals surface area contributed by atoms with E-state index in [2.05, 4.69) is 114 Å². The number of hydrogen-bond donors (Lipinski definition) is 0. The minimum Gasteiger partial charge on any atom is -0.294 e. The van der Waals surface area contributed by atoms with Gasteiger partial charge in [-0.25, -0.2) is 9.78 Å². The van der Waals surface area contributed by atoms with E-state index in [0.717, 1.165) is 24.8 Å². The molecule has 0 bridgehead atoms. The molecule has 1 unspecified atom stereocenters. The Hall–Kier alpha value is -3.54. The van der Waals surface area contributed by atoms with E-state index in [4.69, 9.17) is 14.6 Å². The van der Waals surface area contributed by atoms with E-state index < -0.39 is 0 Å². The summed E-state index contributed by atoms with van der Waals surface area (Å²) in [6.07, 6.45) is 5.17. The summed E-state index contributed by atoms with van der Waals surface area (Å²) in [5, 5.41) is 2.26. The first kappa shape index (κ1) is 26.7. The summed E-state index contributed by atoms with van der Waals surface area (Å²) < 4.78 is 0. The minimum atomic E-state index is 0.0640. The fourth-order valence-electron chi connectivity index (χ4n) is 6.40. The smallest absolute Gasteiger partial charge is 0.107 e. The van der Waals surface area contributed by atoms with Crippen LogP contribution in [0.1, 0.15) is 22.3 Å². The highest BCUT2D eigenvalue weighted by Crippen LogP contribution is 2.45. The van der Waals surface area contributed by atoms with Gasteiger partial charge in [0.15, 0.2) is 0 Å². The second kappa shape index (κ2) is 13.2. The van der Waals surface area contributed by atoms with Gasteiger partial charge < -0.3 is 0 Å². The zero-order valence-electron chi connectivity index (χ0n) is 22.8. The minimum absolute atomic E-state index is 0.0640. The highest BCUT2D eigenvalue weighted by molar-refractivity contribution is 5.30. The van der Waals surface area contributed by atoms with Gasteiger partial charge in [-0.15, -0.1) is 0 Å². The normalized spacial score (nSPS) is 22.6. The van der Waals surface area contributed by atoms with Crippen molar-refractivity contribution in [3.05, 3.63) is 155 Å². The highest BCUT2D eigenvalue weighted by Gasteiger charge is 2.51. The SMILES string of the molecule is C1=C(Cc2ccccc2)C2[C@H](Cc3ccccc3)[C@@H](Cc3ccccc3)[C@H](COOCc3ccccc3)N2OC1. The van der Waals surface area contributed by atoms with Gasteiger partial charge in [0.05, 0.1) is 18.7 Å². The molecule has 0 N–H and O–H groups in total. The molecule has 4 aromatic carbocycles. The lowest BCUT2D eigenvalue weighted by molar-refractivity contribution is -0.323. The lowest BCUT2D eigenvalue weighted by atomic mass is 9.76. The van der Waals surface area contributed by atoms with Crippen LogP contribution in [0.2, 0.25) is 0 Å². The van der Waals surface area contributed by atoms with Crippen molar-refractivity contribution in [2.45, 2.75) is 38.0 Å². The molecule has 4 atom stereocenters. The maximum Gasteiger partial charge on any atom is 0.107 e. The van der Waals surface area contributed by atoms with Gasteiger partial charge in [-0.2, -0.15) is 5.06 Å². The van der Waals surface area contributed by atoms with Gasteiger partial charge in [0.2, 0.25) is 0 Å². The van der Waals surface area contributed by atoms with E-state index in [-0.39, 0.29) is 12.1 Å². The Morgan fingerprint density at radius 2 is 1.12 bits per heavy atom. The van der Waals surface area contributed by atoms with E-state index >= 15 is 0 Å². The third-order valence-electron chi connectivity index (χ3n) is 8.27. The van der Waals surface area contributed by atoms with Crippen LogP contribution in [0.15, 0.2) is 133 Å². The summed E-state index contributed by atoms with van der Waals surface area (Å²) in [7, 11) is 0. The van der Waals surface area contributed by atoms with Gasteiger partial charge in [-0.05, 0) is 58.9 Å². The van der Waals surface area contributed by atoms with Gasteiger partial charge in [0.1, 0.15) is 13.2 Å². The molecule has 2 aliphatic heterocycles. The molecule has 0 radical (unpaired) electrons. The lowest BCUT2D eigenvalue weighted by Gasteiger charge is -2.35. The van der Waals surface area contributed by atoms with Crippen LogP contribution >= 0.6 is 0 Å². The summed E-state index contributed by atoms with van der Waals surface area (Å²) in [5.74, 6) is 0.686. The van der Waals surface area contributed by atoms with Gasteiger partial charge in [0, 0.05) is 0 Å². The van der Waals surface area contributed by atoms with Crippen LogP contribution in [0.4, 0.5) is 0 Å². The Labute approximate surface area is 237 Å². The van der Waals surface area contributed by atoms with E-state index in [9.17, 15) is 0 Å². The summed E-state index contributed by atoms with van der Waals surface area (Å²) >= 11 is 0. The monoisotopic (exact) mass is 531 g/mol. The Morgan fingerprint density at radius 1 is 0.600 bits per heavy atom. The van der Waals surface area contributed by atoms with Crippen molar-refractivity contribution in [2.75, 3.05) is 13.2 Å². The fraction of sp³-hybridized carbons (Fsp3) is 0.278. The molecule has 4 heteroatoms. The van der Waals surface area contributed by atoms with Crippen LogP contribution in [0.3, 0.4) is 0 Å². The molecule has 1 saturated heterocycles. The molecular formula is C36H37NO3. The molecule has 204 valence electrons. The molecule has 0 aromatic heterocycles. The first-order valence-corrected chi connectivity index (χ1v) is 14.4. The Bertz CT molecular complexity index is 1340. The molecule has 4 nitrogen and oxygen atoms in total. The molecule has 1 fully saturated rings. The first-order chi connectivity index (χ1) is 19.8. The zero-order chi connectivity index (χ0) is 27.0. The summed E-state index contributed by atoms with van der Waals surface area (Å²) in [5.41, 5.74) is 6.56. The van der Waals surface area contributed by atoms with Crippen molar-refractivity contribution < 1.29 is 14.6 Å². The summed E-state index contributed by atoms with van der Waals surface area (Å²) in [6.45, 7) is 1.45. The summed E-state index contributed by atoms with van der Waals surface area (Å²) in [6, 6.07) is 42.9. The molecule has 2 aliphatic rings. The molecule has 40 heavy (non-hydrogen) atoms. The van der Waals surface area contributed by atoms with Crippen molar-refractivity contribution >= 4 is 0 Å². The molecule has 0 amide bonds. The number of fused-ring (bicyclic) bond motifs is 1. The predicted molar refractivity (Wildman–Crippen MR) is 158 cm³/mol. The Morgan fingerprint density at radius 3 is 1.73 bits per heavy atom. The fourth-order valence-corrected chi connectivity index (χ4v) is 6.40. The maximum atomic E-state index is 6.46. The van der Waals surface area contributed by atoms with E-state index in [1.54, 1.807) is 0 Å². The van der Waals surface area contributed by atoms with E-state index in [0.29, 0.717) is 31.7 Å². The molecular weight excluding hydrogens is 494 g/mol. The average Bonchev–Trinajstić information content (AvgIpc) is 3.30. The van der Waals surface area contributed by atoms with Crippen LogP contribution in [-0.2, 0) is 40.5 Å². The van der Waals surface area contributed by atoms with Crippen molar-refractivity contribution in [1.29, 1.82) is 0 Å². The Kier molecular flexibility index (Phi) is 8.81. The van der Waals surface area contributed by atoms with Gasteiger partial charge in [0.25, 0.3) is 0 Å². The van der Waals surface area contributed by atoms with E-state index in [1.165, 1.54) is 22.3 Å². The van der Waals surface area contributed by atoms with Crippen LogP contribution in [-0.4, -0.2) is 30.4 Å². The standard InChI is InChI=1S/C36H37NO3/c1-5-13-28(14-6-1)23-32-21-22-38-37-35(27-40-39-26-31-19-11-4-12-20-31)33(24-29-15-7-2-8-16-29)34(36(32)37)25-30-17-9-3-10-18-30/h1-21,33-36H,22-27H2/t33-,34-,35+,36?/m1/s1. The molecule has 2 heterocycles. The molecule has 4 aromatic rings. The largest absolute Gasteiger partial charge is 0.294 e. The molecule has 0 aliphatic carbocycles. The number of hydroxylamine groups is 2. The zero-order valence-corrected chi connectivity index (χ0v) is 22.8. The maximum absolute atomic E-state index is 6.46. The van der Waals surface area contributed by atoms with Crippen LogP contribution in [0, 0.1) is 11.8 Å². The highest BCUT2D eigenvalue weighted by atomic mass is 17.2. The topological polar surface area (TPSA) is 30.9 Å². The number of hydrogen-bond acceptors (Lipinski definition) is 4. The Balaban J connectivity index is 1.29. The van der Waals surface area contributed by atoms with Gasteiger partial charge >= 0.3 is 0 Å². The number of benzene rings is 4. The van der Waals surface area contributed by atoms with Crippen molar-refractivity contribution in [1.82, 2.24) is 5.06 Å². The number of nitrogens with zero attached hydrogens (tertiary/aromatic N) is 1. The van der Waals surface area contributed by atoms with Gasteiger partial charge in [-0.1, -0.05) is 127 Å². The summed E-state index contributed by atoms with van der Waals surface area (Å²) in [4.78, 5) is 18.1.